The molecule has 1 aliphatic heterocycles. The monoisotopic (exact) mass is 444 g/mol. The third-order valence-corrected chi connectivity index (χ3v) is 7.28. The van der Waals surface area contributed by atoms with Crippen LogP contribution in [-0.2, 0) is 17.8 Å². The van der Waals surface area contributed by atoms with Crippen molar-refractivity contribution in [1.29, 1.82) is 0 Å². The van der Waals surface area contributed by atoms with E-state index >= 15 is 0 Å². The Morgan fingerprint density at radius 1 is 1.09 bits per heavy atom. The van der Waals surface area contributed by atoms with Gasteiger partial charge in [-0.2, -0.15) is 0 Å². The van der Waals surface area contributed by atoms with E-state index in [2.05, 4.69) is 4.98 Å². The molecule has 2 amide bonds. The van der Waals surface area contributed by atoms with Crippen LogP contribution in [0.25, 0.3) is 11.0 Å². The number of benzene rings is 1. The molecule has 32 heavy (non-hydrogen) atoms. The Labute approximate surface area is 186 Å². The fourth-order valence-corrected chi connectivity index (χ4v) is 5.27. The fourth-order valence-electron chi connectivity index (χ4n) is 5.27. The summed E-state index contributed by atoms with van der Waals surface area (Å²) in [6.07, 6.45) is 7.56. The SMILES string of the molecule is Cn1c(C(=O)N2CCN(C3CCCCC3)C(=O)C2)nc2c(C(C)(F)F)cc(C3CC3)cc21. The summed E-state index contributed by atoms with van der Waals surface area (Å²) < 4.78 is 30.5. The first-order valence-corrected chi connectivity index (χ1v) is 11.7. The van der Waals surface area contributed by atoms with E-state index in [9.17, 15) is 18.4 Å². The van der Waals surface area contributed by atoms with Gasteiger partial charge in [-0.15, -0.1) is 0 Å². The van der Waals surface area contributed by atoms with E-state index in [0.29, 0.717) is 24.5 Å². The van der Waals surface area contributed by atoms with E-state index in [1.54, 1.807) is 17.7 Å². The van der Waals surface area contributed by atoms with Gasteiger partial charge < -0.3 is 14.4 Å². The van der Waals surface area contributed by atoms with Crippen LogP contribution in [0.3, 0.4) is 0 Å². The highest BCUT2D eigenvalue weighted by molar-refractivity contribution is 5.98. The lowest BCUT2D eigenvalue weighted by Gasteiger charge is -2.40. The van der Waals surface area contributed by atoms with Crippen molar-refractivity contribution in [2.45, 2.75) is 69.8 Å². The number of piperazine rings is 1. The zero-order chi connectivity index (χ0) is 22.6. The molecular formula is C24H30F2N4O2. The van der Waals surface area contributed by atoms with Crippen molar-refractivity contribution in [3.05, 3.63) is 29.1 Å². The number of aryl methyl sites for hydroxylation is 1. The van der Waals surface area contributed by atoms with E-state index < -0.39 is 5.92 Å². The number of carbonyl (C=O) groups excluding carboxylic acids is 2. The Hall–Kier alpha value is -2.51. The minimum absolute atomic E-state index is 0.0165. The molecule has 0 bridgehead atoms. The summed E-state index contributed by atoms with van der Waals surface area (Å²) in [5.41, 5.74) is 1.46. The Bertz CT molecular complexity index is 1060. The van der Waals surface area contributed by atoms with Crippen molar-refractivity contribution in [2.24, 2.45) is 7.05 Å². The third kappa shape index (κ3) is 3.77. The van der Waals surface area contributed by atoms with E-state index in [1.165, 1.54) is 11.3 Å². The van der Waals surface area contributed by atoms with Gasteiger partial charge in [0, 0.05) is 38.7 Å². The molecule has 1 saturated heterocycles. The summed E-state index contributed by atoms with van der Waals surface area (Å²) >= 11 is 0. The average molecular weight is 445 g/mol. The van der Waals surface area contributed by atoms with Crippen LogP contribution in [0.15, 0.2) is 12.1 Å². The van der Waals surface area contributed by atoms with Gasteiger partial charge in [-0.1, -0.05) is 19.3 Å². The second kappa shape index (κ2) is 7.81. The number of amides is 2. The van der Waals surface area contributed by atoms with Gasteiger partial charge in [-0.3, -0.25) is 9.59 Å². The fraction of sp³-hybridized carbons (Fsp3) is 0.625. The van der Waals surface area contributed by atoms with Gasteiger partial charge in [0.25, 0.3) is 11.8 Å². The van der Waals surface area contributed by atoms with Crippen molar-refractivity contribution in [1.82, 2.24) is 19.4 Å². The Morgan fingerprint density at radius 2 is 1.81 bits per heavy atom. The minimum Gasteiger partial charge on any atom is -0.336 e. The molecule has 2 aliphatic carbocycles. The molecule has 2 aromatic rings. The number of hydrogen-bond donors (Lipinski definition) is 0. The molecule has 6 nitrogen and oxygen atoms in total. The van der Waals surface area contributed by atoms with Gasteiger partial charge >= 0.3 is 0 Å². The molecule has 1 aromatic carbocycles. The summed E-state index contributed by atoms with van der Waals surface area (Å²) in [5, 5.41) is 0. The highest BCUT2D eigenvalue weighted by atomic mass is 19.3. The summed E-state index contributed by atoms with van der Waals surface area (Å²) in [7, 11) is 1.69. The molecule has 2 saturated carbocycles. The van der Waals surface area contributed by atoms with Crippen LogP contribution in [0.4, 0.5) is 8.78 Å². The van der Waals surface area contributed by atoms with Crippen molar-refractivity contribution in [3.8, 4) is 0 Å². The molecule has 1 aromatic heterocycles. The standard InChI is InChI=1S/C24H30F2N4O2/c1-24(25,26)18-12-16(15-8-9-15)13-19-21(18)27-22(28(19)2)23(32)29-10-11-30(20(31)14-29)17-6-4-3-5-7-17/h12-13,15,17H,3-11,14H2,1-2H3. The van der Waals surface area contributed by atoms with Crippen LogP contribution in [0.5, 0.6) is 0 Å². The largest absolute Gasteiger partial charge is 0.336 e. The molecule has 8 heteroatoms. The Balaban J connectivity index is 1.43. The van der Waals surface area contributed by atoms with Gasteiger partial charge in [0.2, 0.25) is 5.91 Å². The van der Waals surface area contributed by atoms with Crippen LogP contribution in [0.1, 0.15) is 79.5 Å². The molecule has 0 radical (unpaired) electrons. The minimum atomic E-state index is -3.06. The quantitative estimate of drug-likeness (QED) is 0.711. The molecule has 172 valence electrons. The number of alkyl halides is 2. The van der Waals surface area contributed by atoms with Crippen LogP contribution in [0, 0.1) is 0 Å². The first kappa shape index (κ1) is 21.3. The summed E-state index contributed by atoms with van der Waals surface area (Å²) in [5.74, 6) is -3.05. The molecule has 0 N–H and O–H groups in total. The van der Waals surface area contributed by atoms with Crippen molar-refractivity contribution < 1.29 is 18.4 Å². The van der Waals surface area contributed by atoms with Crippen LogP contribution < -0.4 is 0 Å². The van der Waals surface area contributed by atoms with Gasteiger partial charge in [0.15, 0.2) is 5.82 Å². The number of nitrogens with zero attached hydrogens (tertiary/aromatic N) is 4. The Kier molecular flexibility index (Phi) is 5.21. The van der Waals surface area contributed by atoms with Gasteiger partial charge in [-0.05, 0) is 49.3 Å². The zero-order valence-corrected chi connectivity index (χ0v) is 18.7. The van der Waals surface area contributed by atoms with Crippen molar-refractivity contribution >= 4 is 22.8 Å². The lowest BCUT2D eigenvalue weighted by atomic mass is 9.93. The maximum Gasteiger partial charge on any atom is 0.290 e. The number of aromatic nitrogens is 2. The zero-order valence-electron chi connectivity index (χ0n) is 18.7. The van der Waals surface area contributed by atoms with E-state index in [-0.39, 0.29) is 41.3 Å². The molecule has 0 spiro atoms. The predicted octanol–water partition coefficient (Wildman–Crippen LogP) is 4.18. The van der Waals surface area contributed by atoms with Crippen molar-refractivity contribution in [3.63, 3.8) is 0 Å². The molecular weight excluding hydrogens is 414 g/mol. The molecule has 5 rings (SSSR count). The van der Waals surface area contributed by atoms with Crippen molar-refractivity contribution in [2.75, 3.05) is 19.6 Å². The lowest BCUT2D eigenvalue weighted by molar-refractivity contribution is -0.138. The Morgan fingerprint density at radius 3 is 2.44 bits per heavy atom. The highest BCUT2D eigenvalue weighted by Gasteiger charge is 2.36. The van der Waals surface area contributed by atoms with Gasteiger partial charge in [0.1, 0.15) is 6.54 Å². The number of fused-ring (bicyclic) bond motifs is 1. The summed E-state index contributed by atoms with van der Waals surface area (Å²) in [6.45, 7) is 1.85. The lowest BCUT2D eigenvalue weighted by Crippen LogP contribution is -2.56. The second-order valence-corrected chi connectivity index (χ2v) is 9.70. The van der Waals surface area contributed by atoms with Crippen LogP contribution in [-0.4, -0.2) is 56.8 Å². The molecule has 2 heterocycles. The van der Waals surface area contributed by atoms with Gasteiger partial charge in [0.05, 0.1) is 11.0 Å². The first-order chi connectivity index (χ1) is 15.2. The normalized spacial score (nSPS) is 20.9. The topological polar surface area (TPSA) is 58.4 Å². The van der Waals surface area contributed by atoms with E-state index in [1.807, 2.05) is 11.0 Å². The molecule has 0 unspecified atom stereocenters. The van der Waals surface area contributed by atoms with Crippen LogP contribution in [0.2, 0.25) is 0 Å². The first-order valence-electron chi connectivity index (χ1n) is 11.7. The van der Waals surface area contributed by atoms with Crippen LogP contribution >= 0.6 is 0 Å². The van der Waals surface area contributed by atoms with E-state index in [4.69, 9.17) is 0 Å². The highest BCUT2D eigenvalue weighted by Crippen LogP contribution is 2.44. The number of imidazole rings is 1. The summed E-state index contributed by atoms with van der Waals surface area (Å²) in [6, 6.07) is 3.71. The molecule has 3 fully saturated rings. The maximum atomic E-state index is 14.4. The van der Waals surface area contributed by atoms with E-state index in [0.717, 1.165) is 51.0 Å². The predicted molar refractivity (Wildman–Crippen MR) is 117 cm³/mol. The number of halogens is 2. The third-order valence-electron chi connectivity index (χ3n) is 7.28. The maximum absolute atomic E-state index is 14.4. The smallest absolute Gasteiger partial charge is 0.290 e. The average Bonchev–Trinajstić information content (AvgIpc) is 3.56. The number of hydrogen-bond acceptors (Lipinski definition) is 3. The molecule has 0 atom stereocenters. The second-order valence-electron chi connectivity index (χ2n) is 9.70. The summed E-state index contributed by atoms with van der Waals surface area (Å²) in [4.78, 5) is 33.9. The molecule has 3 aliphatic rings. The number of carbonyl (C=O) groups is 2. The van der Waals surface area contributed by atoms with Gasteiger partial charge in [-0.25, -0.2) is 13.8 Å². The number of rotatable bonds is 4.